The maximum atomic E-state index is 12.8. The van der Waals surface area contributed by atoms with Crippen molar-refractivity contribution in [3.05, 3.63) is 35.4 Å². The van der Waals surface area contributed by atoms with Gasteiger partial charge in [-0.25, -0.2) is 0 Å². The number of carbonyl (C=O) groups excluding carboxylic acids is 2. The monoisotopic (exact) mass is 313 g/mol. The number of carbonyl (C=O) groups is 2. The van der Waals surface area contributed by atoms with E-state index in [0.717, 1.165) is 18.4 Å². The lowest BCUT2D eigenvalue weighted by atomic mass is 9.69. The van der Waals surface area contributed by atoms with Crippen molar-refractivity contribution in [2.45, 2.75) is 58.5 Å². The van der Waals surface area contributed by atoms with Crippen molar-refractivity contribution in [3.63, 3.8) is 0 Å². The van der Waals surface area contributed by atoms with E-state index in [9.17, 15) is 9.59 Å². The third-order valence-electron chi connectivity index (χ3n) is 4.17. The van der Waals surface area contributed by atoms with E-state index >= 15 is 0 Å². The zero-order valence-corrected chi connectivity index (χ0v) is 14.0. The Labute approximate surface area is 137 Å². The van der Waals surface area contributed by atoms with Crippen LogP contribution in [0.2, 0.25) is 0 Å². The highest BCUT2D eigenvalue weighted by atomic mass is 16.6. The summed E-state index contributed by atoms with van der Waals surface area (Å²) < 4.78 is 5.56. The van der Waals surface area contributed by atoms with Crippen molar-refractivity contribution in [1.29, 1.82) is 5.26 Å². The number of ether oxygens (including phenoxy) is 1. The largest absolute Gasteiger partial charge is 0.459 e. The third-order valence-corrected chi connectivity index (χ3v) is 4.17. The number of nitrogens with zero attached hydrogens (tertiary/aromatic N) is 1. The molecule has 1 saturated carbocycles. The molecule has 1 atom stereocenters. The Hall–Kier alpha value is -2.15. The van der Waals surface area contributed by atoms with Crippen molar-refractivity contribution >= 4 is 11.8 Å². The van der Waals surface area contributed by atoms with Gasteiger partial charge in [0, 0.05) is 6.42 Å². The standard InChI is InChI=1S/C19H23NO3/c1-18(2,3)23-17(22)19(11-5-4-6-16(19)21)12-14-7-9-15(13-20)10-8-14/h7-10H,4-6,11-12H2,1-3H3. The first-order valence-electron chi connectivity index (χ1n) is 8.03. The highest BCUT2D eigenvalue weighted by Crippen LogP contribution is 2.39. The van der Waals surface area contributed by atoms with E-state index in [-0.39, 0.29) is 5.78 Å². The molecule has 1 aliphatic rings. The first-order chi connectivity index (χ1) is 10.8. The number of Topliss-reactive ketones (excluding diaryl/α,β-unsaturated/α-hetero) is 1. The number of esters is 1. The van der Waals surface area contributed by atoms with Gasteiger partial charge in [0.2, 0.25) is 0 Å². The second-order valence-corrected chi connectivity index (χ2v) is 7.20. The van der Waals surface area contributed by atoms with Crippen LogP contribution in [0.4, 0.5) is 0 Å². The van der Waals surface area contributed by atoms with Crippen LogP contribution in [0.5, 0.6) is 0 Å². The van der Waals surface area contributed by atoms with E-state index in [2.05, 4.69) is 6.07 Å². The van der Waals surface area contributed by atoms with E-state index in [1.807, 2.05) is 32.9 Å². The first kappa shape index (κ1) is 17.2. The van der Waals surface area contributed by atoms with Crippen molar-refractivity contribution in [1.82, 2.24) is 0 Å². The van der Waals surface area contributed by atoms with Gasteiger partial charge in [0.15, 0.2) is 5.78 Å². The Kier molecular flexibility index (Phi) is 4.89. The maximum absolute atomic E-state index is 12.8. The second kappa shape index (κ2) is 6.54. The van der Waals surface area contributed by atoms with Crippen LogP contribution in [0.25, 0.3) is 0 Å². The van der Waals surface area contributed by atoms with Crippen LogP contribution in [0.3, 0.4) is 0 Å². The van der Waals surface area contributed by atoms with Crippen LogP contribution in [-0.2, 0) is 20.7 Å². The summed E-state index contributed by atoms with van der Waals surface area (Å²) in [5.74, 6) is -0.443. The molecule has 0 heterocycles. The summed E-state index contributed by atoms with van der Waals surface area (Å²) >= 11 is 0. The van der Waals surface area contributed by atoms with Crippen molar-refractivity contribution in [2.24, 2.45) is 5.41 Å². The molecule has 1 aromatic carbocycles. The highest BCUT2D eigenvalue weighted by molar-refractivity contribution is 6.04. The molecule has 1 aromatic rings. The minimum Gasteiger partial charge on any atom is -0.459 e. The van der Waals surface area contributed by atoms with Crippen LogP contribution in [-0.4, -0.2) is 17.4 Å². The van der Waals surface area contributed by atoms with Gasteiger partial charge in [-0.1, -0.05) is 18.6 Å². The molecule has 0 bridgehead atoms. The smallest absolute Gasteiger partial charge is 0.320 e. The van der Waals surface area contributed by atoms with E-state index in [1.165, 1.54) is 0 Å². The minimum absolute atomic E-state index is 0.0256. The lowest BCUT2D eigenvalue weighted by Crippen LogP contribution is -2.47. The lowest BCUT2D eigenvalue weighted by molar-refractivity contribution is -0.172. The van der Waals surface area contributed by atoms with Crippen molar-refractivity contribution in [2.75, 3.05) is 0 Å². The molecule has 0 saturated heterocycles. The predicted molar refractivity (Wildman–Crippen MR) is 86.6 cm³/mol. The molecule has 1 fully saturated rings. The topological polar surface area (TPSA) is 67.2 Å². The SMILES string of the molecule is CC(C)(C)OC(=O)C1(Cc2ccc(C#N)cc2)CCCCC1=O. The fourth-order valence-corrected chi connectivity index (χ4v) is 2.99. The van der Waals surface area contributed by atoms with Crippen LogP contribution in [0, 0.1) is 16.7 Å². The average molecular weight is 313 g/mol. The van der Waals surface area contributed by atoms with E-state index < -0.39 is 17.0 Å². The molecular weight excluding hydrogens is 290 g/mol. The Morgan fingerprint density at radius 2 is 1.91 bits per heavy atom. The fourth-order valence-electron chi connectivity index (χ4n) is 2.99. The molecule has 2 rings (SSSR count). The predicted octanol–water partition coefficient (Wildman–Crippen LogP) is 3.57. The van der Waals surface area contributed by atoms with Crippen LogP contribution >= 0.6 is 0 Å². The van der Waals surface area contributed by atoms with Crippen molar-refractivity contribution < 1.29 is 14.3 Å². The molecule has 0 radical (unpaired) electrons. The molecule has 0 aliphatic heterocycles. The summed E-state index contributed by atoms with van der Waals surface area (Å²) in [6, 6.07) is 9.12. The van der Waals surface area contributed by atoms with E-state index in [1.54, 1.807) is 12.1 Å². The molecule has 0 N–H and O–H groups in total. The summed E-state index contributed by atoms with van der Waals surface area (Å²) in [6.07, 6.45) is 2.97. The Morgan fingerprint density at radius 3 is 2.43 bits per heavy atom. The van der Waals surface area contributed by atoms with Crippen LogP contribution in [0.1, 0.15) is 57.6 Å². The molecule has 0 spiro atoms. The minimum atomic E-state index is -1.08. The maximum Gasteiger partial charge on any atom is 0.320 e. The van der Waals surface area contributed by atoms with E-state index in [0.29, 0.717) is 24.8 Å². The molecule has 122 valence electrons. The van der Waals surface area contributed by atoms with Gasteiger partial charge in [0.05, 0.1) is 11.6 Å². The molecule has 4 nitrogen and oxygen atoms in total. The zero-order chi connectivity index (χ0) is 17.1. The van der Waals surface area contributed by atoms with Crippen LogP contribution < -0.4 is 0 Å². The van der Waals surface area contributed by atoms with Gasteiger partial charge in [-0.2, -0.15) is 5.26 Å². The Bertz CT molecular complexity index is 634. The normalized spacial score (nSPS) is 21.6. The molecule has 1 unspecified atom stereocenters. The molecule has 0 aromatic heterocycles. The van der Waals surface area contributed by atoms with Gasteiger partial charge in [0.25, 0.3) is 0 Å². The number of nitriles is 1. The number of ketones is 1. The van der Waals surface area contributed by atoms with Crippen molar-refractivity contribution in [3.8, 4) is 6.07 Å². The number of benzene rings is 1. The zero-order valence-electron chi connectivity index (χ0n) is 14.0. The van der Waals surface area contributed by atoms with Gasteiger partial charge < -0.3 is 4.74 Å². The molecule has 4 heteroatoms. The summed E-state index contributed by atoms with van der Waals surface area (Å²) in [4.78, 5) is 25.4. The fraction of sp³-hybridized carbons (Fsp3) is 0.526. The highest BCUT2D eigenvalue weighted by Gasteiger charge is 2.48. The summed E-state index contributed by atoms with van der Waals surface area (Å²) in [5.41, 5.74) is -0.258. The van der Waals surface area contributed by atoms with Gasteiger partial charge in [-0.15, -0.1) is 0 Å². The molecular formula is C19H23NO3. The van der Waals surface area contributed by atoms with Crippen LogP contribution in [0.15, 0.2) is 24.3 Å². The quantitative estimate of drug-likeness (QED) is 0.632. The Balaban J connectivity index is 2.31. The van der Waals surface area contributed by atoms with Gasteiger partial charge in [-0.3, -0.25) is 9.59 Å². The molecule has 0 amide bonds. The number of hydrogen-bond acceptors (Lipinski definition) is 4. The summed E-state index contributed by atoms with van der Waals surface area (Å²) in [6.45, 7) is 5.44. The van der Waals surface area contributed by atoms with Gasteiger partial charge in [-0.05, 0) is 57.7 Å². The molecule has 23 heavy (non-hydrogen) atoms. The summed E-state index contributed by atoms with van der Waals surface area (Å²) in [7, 11) is 0. The van der Waals surface area contributed by atoms with Gasteiger partial charge >= 0.3 is 5.97 Å². The van der Waals surface area contributed by atoms with E-state index in [4.69, 9.17) is 10.00 Å². The summed E-state index contributed by atoms with van der Waals surface area (Å²) in [5, 5.41) is 8.88. The number of rotatable bonds is 3. The lowest BCUT2D eigenvalue weighted by Gasteiger charge is -2.36. The Morgan fingerprint density at radius 1 is 1.26 bits per heavy atom. The third kappa shape index (κ3) is 3.98. The first-order valence-corrected chi connectivity index (χ1v) is 8.03. The number of hydrogen-bond donors (Lipinski definition) is 0. The average Bonchev–Trinajstić information content (AvgIpc) is 2.48. The molecule has 1 aliphatic carbocycles. The van der Waals surface area contributed by atoms with Gasteiger partial charge in [0.1, 0.15) is 11.0 Å². The second-order valence-electron chi connectivity index (χ2n) is 7.20.